The molecule has 0 aliphatic heterocycles. The number of ether oxygens (including phenoxy) is 1. The second-order valence-corrected chi connectivity index (χ2v) is 3.64. The molecule has 0 aromatic heterocycles. The van der Waals surface area contributed by atoms with Gasteiger partial charge in [-0.3, -0.25) is 0 Å². The topological polar surface area (TPSA) is 29.5 Å². The average molecular weight is 218 g/mol. The minimum Gasteiger partial charge on any atom is -0.491 e. The zero-order valence-corrected chi connectivity index (χ0v) is 9.86. The van der Waals surface area contributed by atoms with Crippen LogP contribution >= 0.6 is 0 Å². The van der Waals surface area contributed by atoms with Crippen molar-refractivity contribution in [1.82, 2.24) is 0 Å². The Morgan fingerprint density at radius 1 is 1.44 bits per heavy atom. The van der Waals surface area contributed by atoms with Gasteiger partial charge in [0.1, 0.15) is 5.75 Å². The molecule has 1 N–H and O–H groups in total. The van der Waals surface area contributed by atoms with Crippen molar-refractivity contribution >= 4 is 0 Å². The maximum absolute atomic E-state index is 8.62. The van der Waals surface area contributed by atoms with Gasteiger partial charge in [0, 0.05) is 12.0 Å². The molecule has 0 saturated heterocycles. The van der Waals surface area contributed by atoms with Crippen molar-refractivity contribution in [3.63, 3.8) is 0 Å². The van der Waals surface area contributed by atoms with Crippen LogP contribution in [0.15, 0.2) is 24.3 Å². The van der Waals surface area contributed by atoms with Crippen LogP contribution < -0.4 is 4.74 Å². The van der Waals surface area contributed by atoms with E-state index < -0.39 is 0 Å². The van der Waals surface area contributed by atoms with Crippen molar-refractivity contribution < 1.29 is 9.84 Å². The van der Waals surface area contributed by atoms with Gasteiger partial charge in [-0.2, -0.15) is 0 Å². The van der Waals surface area contributed by atoms with Gasteiger partial charge in [0.2, 0.25) is 0 Å². The van der Waals surface area contributed by atoms with Crippen LogP contribution in [-0.2, 0) is 0 Å². The normalized spacial score (nSPS) is 11.4. The summed E-state index contributed by atoms with van der Waals surface area (Å²) in [7, 11) is 0. The molecular formula is C14H18O2. The van der Waals surface area contributed by atoms with Gasteiger partial charge >= 0.3 is 0 Å². The van der Waals surface area contributed by atoms with Gasteiger partial charge in [0.15, 0.2) is 0 Å². The standard InChI is InChI=1S/C14H18O2/c1-3-12(2)16-14-9-6-8-13(11-14)7-4-5-10-15/h6,8-9,11-12,15H,3,5,10H2,1-2H3. The fraction of sp³-hybridized carbons (Fsp3) is 0.429. The summed E-state index contributed by atoms with van der Waals surface area (Å²) in [5.41, 5.74) is 0.925. The monoisotopic (exact) mass is 218 g/mol. The molecule has 0 radical (unpaired) electrons. The summed E-state index contributed by atoms with van der Waals surface area (Å²) in [5.74, 6) is 6.73. The summed E-state index contributed by atoms with van der Waals surface area (Å²) in [6, 6.07) is 7.73. The second kappa shape index (κ2) is 6.92. The summed E-state index contributed by atoms with van der Waals surface area (Å²) >= 11 is 0. The first-order valence-electron chi connectivity index (χ1n) is 5.62. The Balaban J connectivity index is 2.68. The third kappa shape index (κ3) is 4.37. The van der Waals surface area contributed by atoms with Crippen molar-refractivity contribution in [2.75, 3.05) is 6.61 Å². The van der Waals surface area contributed by atoms with Crippen molar-refractivity contribution in [2.24, 2.45) is 0 Å². The fourth-order valence-corrected chi connectivity index (χ4v) is 1.18. The molecule has 1 atom stereocenters. The summed E-state index contributed by atoms with van der Waals surface area (Å²) in [6.45, 7) is 4.25. The molecule has 0 amide bonds. The first-order valence-corrected chi connectivity index (χ1v) is 5.62. The minimum absolute atomic E-state index is 0.107. The highest BCUT2D eigenvalue weighted by molar-refractivity contribution is 5.39. The lowest BCUT2D eigenvalue weighted by molar-refractivity contribution is 0.217. The first kappa shape index (κ1) is 12.6. The van der Waals surface area contributed by atoms with E-state index in [9.17, 15) is 0 Å². The molecule has 0 aliphatic carbocycles. The molecule has 16 heavy (non-hydrogen) atoms. The van der Waals surface area contributed by atoms with Gasteiger partial charge in [0.05, 0.1) is 12.7 Å². The van der Waals surface area contributed by atoms with Crippen LogP contribution in [0.1, 0.15) is 32.3 Å². The molecule has 0 fully saturated rings. The molecule has 0 spiro atoms. The van der Waals surface area contributed by atoms with Crippen LogP contribution in [0.4, 0.5) is 0 Å². The zero-order valence-electron chi connectivity index (χ0n) is 9.86. The van der Waals surface area contributed by atoms with E-state index in [2.05, 4.69) is 18.8 Å². The average Bonchev–Trinajstić information content (AvgIpc) is 2.30. The number of benzene rings is 1. The maximum Gasteiger partial charge on any atom is 0.120 e. The molecule has 1 aromatic rings. The van der Waals surface area contributed by atoms with E-state index >= 15 is 0 Å². The smallest absolute Gasteiger partial charge is 0.120 e. The molecule has 2 heteroatoms. The summed E-state index contributed by atoms with van der Waals surface area (Å²) in [5, 5.41) is 8.62. The third-order valence-corrected chi connectivity index (χ3v) is 2.22. The van der Waals surface area contributed by atoms with Gasteiger partial charge in [-0.25, -0.2) is 0 Å². The highest BCUT2D eigenvalue weighted by Gasteiger charge is 2.00. The van der Waals surface area contributed by atoms with Gasteiger partial charge in [0.25, 0.3) is 0 Å². The van der Waals surface area contributed by atoms with E-state index in [0.29, 0.717) is 6.42 Å². The molecule has 2 nitrogen and oxygen atoms in total. The summed E-state index contributed by atoms with van der Waals surface area (Å²) in [6.07, 6.45) is 1.72. The molecule has 86 valence electrons. The Hall–Kier alpha value is -1.46. The lowest BCUT2D eigenvalue weighted by atomic mass is 10.2. The lowest BCUT2D eigenvalue weighted by Gasteiger charge is -2.12. The van der Waals surface area contributed by atoms with Crippen LogP contribution in [0, 0.1) is 11.8 Å². The van der Waals surface area contributed by atoms with E-state index in [1.807, 2.05) is 31.2 Å². The van der Waals surface area contributed by atoms with Crippen LogP contribution in [0.25, 0.3) is 0 Å². The summed E-state index contributed by atoms with van der Waals surface area (Å²) in [4.78, 5) is 0. The van der Waals surface area contributed by atoms with Gasteiger partial charge in [-0.1, -0.05) is 24.8 Å². The van der Waals surface area contributed by atoms with Crippen LogP contribution in [0.3, 0.4) is 0 Å². The minimum atomic E-state index is 0.107. The third-order valence-electron chi connectivity index (χ3n) is 2.22. The molecule has 1 unspecified atom stereocenters. The molecule has 1 aromatic carbocycles. The van der Waals surface area contributed by atoms with Gasteiger partial charge in [-0.15, -0.1) is 0 Å². The van der Waals surface area contributed by atoms with Crippen molar-refractivity contribution in [3.05, 3.63) is 29.8 Å². The van der Waals surface area contributed by atoms with E-state index in [1.165, 1.54) is 0 Å². The first-order chi connectivity index (χ1) is 7.76. The van der Waals surface area contributed by atoms with Crippen LogP contribution in [-0.4, -0.2) is 17.8 Å². The van der Waals surface area contributed by atoms with E-state index in [0.717, 1.165) is 17.7 Å². The molecule has 0 bridgehead atoms. The molecule has 0 aliphatic rings. The highest BCUT2D eigenvalue weighted by Crippen LogP contribution is 2.15. The molecular weight excluding hydrogens is 200 g/mol. The Morgan fingerprint density at radius 2 is 2.25 bits per heavy atom. The van der Waals surface area contributed by atoms with E-state index in [4.69, 9.17) is 9.84 Å². The second-order valence-electron chi connectivity index (χ2n) is 3.64. The Bertz CT molecular complexity index is 374. The number of rotatable bonds is 4. The van der Waals surface area contributed by atoms with Gasteiger partial charge < -0.3 is 9.84 Å². The Kier molecular flexibility index (Phi) is 5.45. The summed E-state index contributed by atoms with van der Waals surface area (Å²) < 4.78 is 5.69. The van der Waals surface area contributed by atoms with Gasteiger partial charge in [-0.05, 0) is 31.5 Å². The number of hydrogen-bond donors (Lipinski definition) is 1. The van der Waals surface area contributed by atoms with Crippen molar-refractivity contribution in [3.8, 4) is 17.6 Å². The Labute approximate surface area is 97.3 Å². The molecule has 0 saturated carbocycles. The highest BCUT2D eigenvalue weighted by atomic mass is 16.5. The Morgan fingerprint density at radius 3 is 2.94 bits per heavy atom. The predicted molar refractivity (Wildman–Crippen MR) is 65.4 cm³/mol. The number of hydrogen-bond acceptors (Lipinski definition) is 2. The number of aliphatic hydroxyl groups is 1. The lowest BCUT2D eigenvalue weighted by Crippen LogP contribution is -2.09. The number of aliphatic hydroxyl groups excluding tert-OH is 1. The molecule has 1 rings (SSSR count). The maximum atomic E-state index is 8.62. The van der Waals surface area contributed by atoms with Crippen LogP contribution in [0.2, 0.25) is 0 Å². The zero-order chi connectivity index (χ0) is 11.8. The van der Waals surface area contributed by atoms with E-state index in [1.54, 1.807) is 0 Å². The van der Waals surface area contributed by atoms with Crippen molar-refractivity contribution in [2.45, 2.75) is 32.8 Å². The predicted octanol–water partition coefficient (Wildman–Crippen LogP) is 2.60. The van der Waals surface area contributed by atoms with Crippen molar-refractivity contribution in [1.29, 1.82) is 0 Å². The SMILES string of the molecule is CCC(C)Oc1cccc(C#CCCO)c1. The quantitative estimate of drug-likeness (QED) is 0.787. The fourth-order valence-electron chi connectivity index (χ4n) is 1.18. The van der Waals surface area contributed by atoms with E-state index in [-0.39, 0.29) is 12.7 Å². The molecule has 0 heterocycles. The largest absolute Gasteiger partial charge is 0.491 e. The van der Waals surface area contributed by atoms with Crippen LogP contribution in [0.5, 0.6) is 5.75 Å².